The summed E-state index contributed by atoms with van der Waals surface area (Å²) in [6.45, 7) is 1.40. The fourth-order valence-corrected chi connectivity index (χ4v) is 3.80. The fraction of sp³-hybridized carbons (Fsp3) is 0.375. The molecule has 2 unspecified atom stereocenters. The van der Waals surface area contributed by atoms with E-state index in [-0.39, 0.29) is 17.7 Å². The van der Waals surface area contributed by atoms with Crippen LogP contribution in [0.3, 0.4) is 0 Å². The summed E-state index contributed by atoms with van der Waals surface area (Å²) in [5.74, 6) is 0.253. The van der Waals surface area contributed by atoms with Gasteiger partial charge in [0.25, 0.3) is 5.91 Å². The number of amides is 1. The minimum absolute atomic E-state index is 0.00455. The Kier molecular flexibility index (Phi) is 3.26. The summed E-state index contributed by atoms with van der Waals surface area (Å²) in [5.41, 5.74) is -0.195. The number of piperidine rings is 1. The van der Waals surface area contributed by atoms with E-state index in [9.17, 15) is 19.7 Å². The van der Waals surface area contributed by atoms with Gasteiger partial charge < -0.3 is 13.9 Å². The zero-order valence-electron chi connectivity index (χ0n) is 12.8. The molecule has 1 fully saturated rings. The third kappa shape index (κ3) is 2.22. The predicted octanol–water partition coefficient (Wildman–Crippen LogP) is 1.61. The fourth-order valence-electron chi connectivity index (χ4n) is 3.80. The van der Waals surface area contributed by atoms with Crippen LogP contribution in [0.2, 0.25) is 0 Å². The van der Waals surface area contributed by atoms with Crippen LogP contribution in [-0.2, 0) is 6.54 Å². The lowest BCUT2D eigenvalue weighted by molar-refractivity contribution is -0.386. The number of fused-ring (bicyclic) bond motifs is 4. The Morgan fingerprint density at radius 3 is 2.79 bits per heavy atom. The second-order valence-electron chi connectivity index (χ2n) is 6.30. The lowest BCUT2D eigenvalue weighted by Gasteiger charge is -2.42. The smallest absolute Gasteiger partial charge is 0.334 e. The van der Waals surface area contributed by atoms with Crippen LogP contribution in [0.4, 0.5) is 5.69 Å². The molecule has 2 atom stereocenters. The summed E-state index contributed by atoms with van der Waals surface area (Å²) in [7, 11) is 0. The zero-order valence-corrected chi connectivity index (χ0v) is 12.8. The van der Waals surface area contributed by atoms with Gasteiger partial charge in [0, 0.05) is 37.3 Å². The van der Waals surface area contributed by atoms with Gasteiger partial charge >= 0.3 is 11.2 Å². The summed E-state index contributed by atoms with van der Waals surface area (Å²) < 4.78 is 6.69. The van der Waals surface area contributed by atoms with Crippen molar-refractivity contribution in [3.63, 3.8) is 0 Å². The van der Waals surface area contributed by atoms with Crippen LogP contribution in [0, 0.1) is 16.0 Å². The number of rotatable bonds is 2. The monoisotopic (exact) mass is 329 g/mol. The highest BCUT2D eigenvalue weighted by Crippen LogP contribution is 2.36. The number of carbonyl (C=O) groups excluding carboxylic acids is 1. The number of nitrogens with zero attached hydrogens (tertiary/aromatic N) is 3. The van der Waals surface area contributed by atoms with Gasteiger partial charge in [-0.1, -0.05) is 0 Å². The number of likely N-dealkylation sites (tertiary alicyclic amines) is 1. The molecule has 0 spiro atoms. The first-order valence-electron chi connectivity index (χ1n) is 7.75. The number of hydrogen-bond donors (Lipinski definition) is 0. The van der Waals surface area contributed by atoms with Crippen molar-refractivity contribution in [3.8, 4) is 0 Å². The van der Waals surface area contributed by atoms with Gasteiger partial charge in [0.15, 0.2) is 5.76 Å². The van der Waals surface area contributed by atoms with E-state index in [1.165, 1.54) is 16.9 Å². The molecule has 4 rings (SSSR count). The van der Waals surface area contributed by atoms with E-state index in [2.05, 4.69) is 0 Å². The van der Waals surface area contributed by atoms with Crippen LogP contribution in [-0.4, -0.2) is 33.4 Å². The van der Waals surface area contributed by atoms with E-state index >= 15 is 0 Å². The molecule has 1 amide bonds. The first kappa shape index (κ1) is 14.7. The lowest BCUT2D eigenvalue weighted by atomic mass is 9.83. The van der Waals surface area contributed by atoms with Crippen molar-refractivity contribution in [2.45, 2.75) is 18.9 Å². The minimum atomic E-state index is -0.646. The van der Waals surface area contributed by atoms with Crippen LogP contribution < -0.4 is 5.56 Å². The molecule has 0 N–H and O–H groups in total. The molecule has 8 nitrogen and oxygen atoms in total. The van der Waals surface area contributed by atoms with Gasteiger partial charge in [-0.2, -0.15) is 0 Å². The standard InChI is InChI=1S/C16H15N3O5/c20-15-13(19(22)23)4-3-12-11-6-10(8-18(12)15)7-17(9-11)16(21)14-2-1-5-24-14/h1-5,10-11H,6-9H2. The van der Waals surface area contributed by atoms with E-state index in [4.69, 9.17) is 4.42 Å². The Bertz CT molecular complexity index is 870. The van der Waals surface area contributed by atoms with E-state index in [0.29, 0.717) is 25.4 Å². The second kappa shape index (κ2) is 5.33. The van der Waals surface area contributed by atoms with E-state index < -0.39 is 16.2 Å². The lowest BCUT2D eigenvalue weighted by Crippen LogP contribution is -2.49. The Morgan fingerprint density at radius 2 is 2.08 bits per heavy atom. The normalized spacial score (nSPS) is 22.1. The topological polar surface area (TPSA) is 98.6 Å². The first-order chi connectivity index (χ1) is 11.5. The summed E-state index contributed by atoms with van der Waals surface area (Å²) >= 11 is 0. The van der Waals surface area contributed by atoms with E-state index in [0.717, 1.165) is 12.1 Å². The minimum Gasteiger partial charge on any atom is -0.459 e. The predicted molar refractivity (Wildman–Crippen MR) is 82.8 cm³/mol. The molecule has 124 valence electrons. The van der Waals surface area contributed by atoms with Gasteiger partial charge in [0.05, 0.1) is 11.2 Å². The third-order valence-corrected chi connectivity index (χ3v) is 4.80. The zero-order chi connectivity index (χ0) is 16.8. The first-order valence-corrected chi connectivity index (χ1v) is 7.75. The number of furan rings is 1. The highest BCUT2D eigenvalue weighted by atomic mass is 16.6. The van der Waals surface area contributed by atoms with Gasteiger partial charge in [-0.3, -0.25) is 19.7 Å². The molecule has 0 radical (unpaired) electrons. The molecule has 24 heavy (non-hydrogen) atoms. The van der Waals surface area contributed by atoms with Gasteiger partial charge in [-0.15, -0.1) is 0 Å². The van der Waals surface area contributed by atoms with Gasteiger partial charge in [-0.25, -0.2) is 0 Å². The number of pyridine rings is 1. The molecule has 2 aliphatic heterocycles. The SMILES string of the molecule is O=C(c1ccco1)N1CC2CC(C1)c1ccc([N+](=O)[O-])c(=O)n1C2. The Labute approximate surface area is 136 Å². The van der Waals surface area contributed by atoms with Crippen molar-refractivity contribution in [1.29, 1.82) is 0 Å². The molecule has 0 aromatic carbocycles. The highest BCUT2D eigenvalue weighted by molar-refractivity contribution is 5.91. The Hall–Kier alpha value is -2.90. The molecule has 4 heterocycles. The van der Waals surface area contributed by atoms with Crippen molar-refractivity contribution < 1.29 is 14.1 Å². The summed E-state index contributed by atoms with van der Waals surface area (Å²) in [4.78, 5) is 36.9. The third-order valence-electron chi connectivity index (χ3n) is 4.80. The second-order valence-corrected chi connectivity index (χ2v) is 6.30. The number of aromatic nitrogens is 1. The van der Waals surface area contributed by atoms with Crippen LogP contribution in [0.5, 0.6) is 0 Å². The van der Waals surface area contributed by atoms with E-state index in [1.54, 1.807) is 23.1 Å². The maximum Gasteiger partial charge on any atom is 0.334 e. The van der Waals surface area contributed by atoms with Crippen LogP contribution in [0.1, 0.15) is 28.6 Å². The molecular formula is C16H15N3O5. The van der Waals surface area contributed by atoms with Crippen molar-refractivity contribution >= 4 is 11.6 Å². The average molecular weight is 329 g/mol. The highest BCUT2D eigenvalue weighted by Gasteiger charge is 2.38. The molecule has 8 heteroatoms. The quantitative estimate of drug-likeness (QED) is 0.616. The summed E-state index contributed by atoms with van der Waals surface area (Å²) in [6, 6.07) is 6.21. The molecule has 0 saturated carbocycles. The molecule has 2 bridgehead atoms. The van der Waals surface area contributed by atoms with Gasteiger partial charge in [0.2, 0.25) is 0 Å². The van der Waals surface area contributed by atoms with Crippen molar-refractivity contribution in [3.05, 3.63) is 62.5 Å². The molecule has 1 saturated heterocycles. The average Bonchev–Trinajstić information content (AvgIpc) is 3.09. The van der Waals surface area contributed by atoms with Crippen molar-refractivity contribution in [1.82, 2.24) is 9.47 Å². The molecular weight excluding hydrogens is 314 g/mol. The van der Waals surface area contributed by atoms with Crippen LogP contribution in [0.15, 0.2) is 39.7 Å². The maximum absolute atomic E-state index is 12.5. The largest absolute Gasteiger partial charge is 0.459 e. The number of nitro groups is 1. The Balaban J connectivity index is 1.67. The van der Waals surface area contributed by atoms with Gasteiger partial charge in [0.1, 0.15) is 0 Å². The Morgan fingerprint density at radius 1 is 1.25 bits per heavy atom. The molecule has 2 aliphatic rings. The molecule has 2 aromatic rings. The van der Waals surface area contributed by atoms with Crippen LogP contribution in [0.25, 0.3) is 0 Å². The number of hydrogen-bond acceptors (Lipinski definition) is 5. The summed E-state index contributed by atoms with van der Waals surface area (Å²) in [5, 5.41) is 11.0. The van der Waals surface area contributed by atoms with Crippen molar-refractivity contribution in [2.24, 2.45) is 5.92 Å². The summed E-state index contributed by atoms with van der Waals surface area (Å²) in [6.07, 6.45) is 2.34. The van der Waals surface area contributed by atoms with Crippen molar-refractivity contribution in [2.75, 3.05) is 13.1 Å². The number of carbonyl (C=O) groups is 1. The van der Waals surface area contributed by atoms with Gasteiger partial charge in [-0.05, 0) is 30.5 Å². The van der Waals surface area contributed by atoms with E-state index in [1.807, 2.05) is 0 Å². The maximum atomic E-state index is 12.5. The molecule has 2 aromatic heterocycles. The van der Waals surface area contributed by atoms with Crippen LogP contribution >= 0.6 is 0 Å². The molecule has 0 aliphatic carbocycles.